The molecule has 0 radical (unpaired) electrons. The van der Waals surface area contributed by atoms with Crippen molar-refractivity contribution >= 4 is 35.4 Å². The van der Waals surface area contributed by atoms with Gasteiger partial charge in [-0.05, 0) is 55.3 Å². The van der Waals surface area contributed by atoms with Gasteiger partial charge in [0.2, 0.25) is 0 Å². The lowest BCUT2D eigenvalue weighted by atomic mass is 10.1. The molecular weight excluding hydrogens is 398 g/mol. The number of pyridine rings is 1. The number of aromatic nitrogens is 1. The summed E-state index contributed by atoms with van der Waals surface area (Å²) in [6.07, 6.45) is 0. The fraction of sp³-hybridized carbons (Fsp3) is 0.0870. The molecule has 0 aliphatic carbocycles. The zero-order chi connectivity index (χ0) is 21.1. The number of fused-ring (bicyclic) bond motifs is 1. The third kappa shape index (κ3) is 4.06. The van der Waals surface area contributed by atoms with Gasteiger partial charge in [0, 0.05) is 23.2 Å². The van der Waals surface area contributed by atoms with Crippen LogP contribution in [-0.4, -0.2) is 28.2 Å². The van der Waals surface area contributed by atoms with Crippen LogP contribution in [0.25, 0.3) is 5.76 Å². The summed E-state index contributed by atoms with van der Waals surface area (Å²) < 4.78 is 7.47. The smallest absolute Gasteiger partial charge is 0.343 e. The van der Waals surface area contributed by atoms with Crippen LogP contribution in [0.3, 0.4) is 0 Å². The number of carbonyl (C=O) groups is 2. The molecule has 1 aromatic heterocycles. The topological polar surface area (TPSA) is 71.5 Å². The van der Waals surface area contributed by atoms with E-state index in [-0.39, 0.29) is 11.5 Å². The molecular formula is C23H19N3O3S. The lowest BCUT2D eigenvalue weighted by Crippen LogP contribution is -2.29. The molecule has 3 aromatic rings. The molecule has 1 N–H and O–H groups in total. The number of benzene rings is 2. The van der Waals surface area contributed by atoms with Gasteiger partial charge in [-0.25, -0.2) is 9.78 Å². The number of likely N-dealkylation sites (N-methyl/N-ethyl adjacent to an activating group) is 1. The second kappa shape index (κ2) is 8.42. The molecule has 2 aromatic carbocycles. The number of nitrogens with zero attached hydrogens (tertiary/aromatic N) is 2. The van der Waals surface area contributed by atoms with Gasteiger partial charge in [-0.1, -0.05) is 36.4 Å². The molecule has 150 valence electrons. The molecule has 0 unspecified atom stereocenters. The summed E-state index contributed by atoms with van der Waals surface area (Å²) in [4.78, 5) is 31.2. The third-order valence-electron chi connectivity index (χ3n) is 4.45. The highest BCUT2D eigenvalue weighted by atomic mass is 32.2. The van der Waals surface area contributed by atoms with Crippen LogP contribution in [0.1, 0.15) is 21.6 Å². The molecule has 30 heavy (non-hydrogen) atoms. The van der Waals surface area contributed by atoms with Crippen molar-refractivity contribution in [1.82, 2.24) is 9.29 Å². The molecule has 1 aliphatic rings. The number of carbonyl (C=O) groups excluding carboxylic acids is 2. The maximum Gasteiger partial charge on any atom is 0.343 e. The largest absolute Gasteiger partial charge is 0.420 e. The summed E-state index contributed by atoms with van der Waals surface area (Å²) in [6.45, 7) is 1.85. The van der Waals surface area contributed by atoms with Crippen molar-refractivity contribution < 1.29 is 14.3 Å². The van der Waals surface area contributed by atoms with Gasteiger partial charge in [0.15, 0.2) is 11.5 Å². The zero-order valence-corrected chi connectivity index (χ0v) is 17.3. The molecule has 0 atom stereocenters. The Balaban J connectivity index is 1.75. The van der Waals surface area contributed by atoms with E-state index in [4.69, 9.17) is 4.74 Å². The van der Waals surface area contributed by atoms with E-state index < -0.39 is 11.9 Å². The van der Waals surface area contributed by atoms with Crippen molar-refractivity contribution in [2.45, 2.75) is 11.8 Å². The van der Waals surface area contributed by atoms with Gasteiger partial charge in [-0.3, -0.25) is 4.79 Å². The first-order chi connectivity index (χ1) is 14.5. The Hall–Kier alpha value is -3.58. The minimum atomic E-state index is -0.528. The molecule has 0 saturated carbocycles. The van der Waals surface area contributed by atoms with E-state index in [1.54, 1.807) is 41.7 Å². The third-order valence-corrected chi connectivity index (χ3v) is 5.46. The number of aryl methyl sites for hydroxylation is 1. The second-order valence-corrected chi connectivity index (χ2v) is 7.81. The average Bonchev–Trinajstić information content (AvgIpc) is 2.74. The van der Waals surface area contributed by atoms with E-state index >= 15 is 0 Å². The summed E-state index contributed by atoms with van der Waals surface area (Å²) in [5, 5.41) is 2.80. The van der Waals surface area contributed by atoms with Crippen molar-refractivity contribution in [3.63, 3.8) is 0 Å². The number of ether oxygens (including phenoxy) is 1. The van der Waals surface area contributed by atoms with E-state index in [2.05, 4.69) is 10.3 Å². The molecule has 7 heteroatoms. The number of amides is 1. The van der Waals surface area contributed by atoms with Crippen molar-refractivity contribution in [1.29, 1.82) is 0 Å². The van der Waals surface area contributed by atoms with Crippen molar-refractivity contribution in [2.24, 2.45) is 0 Å². The van der Waals surface area contributed by atoms with Crippen LogP contribution >= 0.6 is 11.9 Å². The Morgan fingerprint density at radius 1 is 0.967 bits per heavy atom. The van der Waals surface area contributed by atoms with Crippen molar-refractivity contribution in [2.75, 3.05) is 12.4 Å². The molecule has 0 bridgehead atoms. The molecule has 1 aliphatic heterocycles. The van der Waals surface area contributed by atoms with Crippen LogP contribution in [0.5, 0.6) is 0 Å². The monoisotopic (exact) mass is 417 g/mol. The number of rotatable bonds is 4. The van der Waals surface area contributed by atoms with Gasteiger partial charge in [0.05, 0.1) is 5.56 Å². The minimum absolute atomic E-state index is 0.214. The summed E-state index contributed by atoms with van der Waals surface area (Å²) in [5.74, 6) is -0.294. The van der Waals surface area contributed by atoms with Gasteiger partial charge >= 0.3 is 5.97 Å². The highest BCUT2D eigenvalue weighted by molar-refractivity contribution is 7.97. The standard InChI is InChI=1S/C23H19N3O3S/c1-15-9-8-14-19(24-15)25-22(27)20-21(29-23(28)16-10-4-3-5-11-16)17-12-6-7-13-18(17)30-26(20)2/h3-14H,1-2H3,(H,24,25,27). The molecule has 4 rings (SSSR count). The van der Waals surface area contributed by atoms with Crippen LogP contribution in [-0.2, 0) is 9.53 Å². The molecule has 0 spiro atoms. The van der Waals surface area contributed by atoms with Crippen LogP contribution in [0.2, 0.25) is 0 Å². The maximum atomic E-state index is 13.2. The molecule has 2 heterocycles. The maximum absolute atomic E-state index is 13.2. The fourth-order valence-corrected chi connectivity index (χ4v) is 4.01. The van der Waals surface area contributed by atoms with E-state index in [1.165, 1.54) is 11.9 Å². The van der Waals surface area contributed by atoms with Crippen LogP contribution in [0, 0.1) is 6.92 Å². The number of esters is 1. The van der Waals surface area contributed by atoms with Gasteiger partial charge in [-0.15, -0.1) is 0 Å². The first-order valence-electron chi connectivity index (χ1n) is 9.30. The van der Waals surface area contributed by atoms with Gasteiger partial charge in [-0.2, -0.15) is 0 Å². The number of hydrogen-bond acceptors (Lipinski definition) is 6. The number of anilines is 1. The van der Waals surface area contributed by atoms with Crippen LogP contribution in [0.4, 0.5) is 5.82 Å². The van der Waals surface area contributed by atoms with E-state index in [0.29, 0.717) is 16.9 Å². The zero-order valence-electron chi connectivity index (χ0n) is 16.5. The lowest BCUT2D eigenvalue weighted by Gasteiger charge is -2.29. The van der Waals surface area contributed by atoms with Gasteiger partial charge < -0.3 is 14.4 Å². The van der Waals surface area contributed by atoms with Crippen molar-refractivity contribution in [3.8, 4) is 0 Å². The SMILES string of the molecule is Cc1cccc(NC(=O)C2=C(OC(=O)c3ccccc3)c3ccccc3SN2C)n1. The first-order valence-corrected chi connectivity index (χ1v) is 10.1. The highest BCUT2D eigenvalue weighted by Crippen LogP contribution is 2.40. The fourth-order valence-electron chi connectivity index (χ4n) is 3.06. The van der Waals surface area contributed by atoms with Crippen LogP contribution < -0.4 is 5.32 Å². The van der Waals surface area contributed by atoms with Crippen LogP contribution in [0.15, 0.2) is 83.4 Å². The summed E-state index contributed by atoms with van der Waals surface area (Å²) in [6, 6.07) is 21.6. The Kier molecular flexibility index (Phi) is 5.54. The number of hydrogen-bond donors (Lipinski definition) is 1. The van der Waals surface area contributed by atoms with E-state index in [1.807, 2.05) is 49.4 Å². The predicted octanol–water partition coefficient (Wildman–Crippen LogP) is 4.51. The van der Waals surface area contributed by atoms with E-state index in [9.17, 15) is 9.59 Å². The Labute approximate surface area is 178 Å². The normalized spacial score (nSPS) is 12.9. The summed E-state index contributed by atoms with van der Waals surface area (Å²) in [7, 11) is 1.76. The highest BCUT2D eigenvalue weighted by Gasteiger charge is 2.31. The van der Waals surface area contributed by atoms with Gasteiger partial charge in [0.25, 0.3) is 5.91 Å². The van der Waals surface area contributed by atoms with E-state index in [0.717, 1.165) is 10.6 Å². The Morgan fingerprint density at radius 2 is 1.70 bits per heavy atom. The first kappa shape index (κ1) is 19.7. The lowest BCUT2D eigenvalue weighted by molar-refractivity contribution is -0.113. The predicted molar refractivity (Wildman–Crippen MR) is 116 cm³/mol. The quantitative estimate of drug-likeness (QED) is 0.498. The molecule has 0 fully saturated rings. The number of nitrogens with one attached hydrogen (secondary N) is 1. The minimum Gasteiger partial charge on any atom is -0.420 e. The summed E-state index contributed by atoms with van der Waals surface area (Å²) in [5.41, 5.74) is 2.12. The summed E-state index contributed by atoms with van der Waals surface area (Å²) >= 11 is 1.39. The van der Waals surface area contributed by atoms with Gasteiger partial charge in [0.1, 0.15) is 5.82 Å². The Bertz CT molecular complexity index is 1150. The Morgan fingerprint density at radius 3 is 2.47 bits per heavy atom. The molecule has 6 nitrogen and oxygen atoms in total. The molecule has 0 saturated heterocycles. The average molecular weight is 417 g/mol. The van der Waals surface area contributed by atoms with Crippen molar-refractivity contribution in [3.05, 3.63) is 95.3 Å². The molecule has 1 amide bonds. The second-order valence-electron chi connectivity index (χ2n) is 6.64.